The molecule has 18 atom stereocenters. The lowest BCUT2D eigenvalue weighted by Gasteiger charge is -2.53. The SMILES string of the molecule is CO[C@]1(C)C[C@H](O[C@H]2[C@H](C)[C@@H](O[C@@H]3O[C@H](C)C[C@H](N(C)C)[C@H]3O)[C@](C)(O)C[C@@H](C)CN(C)[C@H](C)[C@@H](O)[C@](C)(O)[C@@H](I)OC(=O)[C@@H]2C)O[C@@H](C)[C@@]1(O)CNCCNC(=O)/C=C/c1cc2c(s1)-c1ccccc1Cc1ccccc1-2. The minimum Gasteiger partial charge on any atom is -0.448 e. The average molecular weight is 1220 g/mol. The number of nitrogens with one attached hydrogen (secondary N) is 2. The fraction of sp³-hybridized carbons (Fsp3) is 0.661. The maximum atomic E-state index is 14.5. The summed E-state index contributed by atoms with van der Waals surface area (Å²) in [5, 5.41) is 66.6. The van der Waals surface area contributed by atoms with Crippen molar-refractivity contribution in [2.75, 3.05) is 54.4 Å². The highest BCUT2D eigenvalue weighted by Crippen LogP contribution is 2.47. The molecule has 3 saturated heterocycles. The number of hydrogen-bond acceptors (Lipinski definition) is 17. The molecule has 434 valence electrons. The maximum Gasteiger partial charge on any atom is 0.312 e. The van der Waals surface area contributed by atoms with Crippen molar-refractivity contribution >= 4 is 51.9 Å². The fourth-order valence-electron chi connectivity index (χ4n) is 12.2. The van der Waals surface area contributed by atoms with Crippen LogP contribution in [0.25, 0.3) is 27.6 Å². The Labute approximate surface area is 479 Å². The van der Waals surface area contributed by atoms with Gasteiger partial charge in [-0.1, -0.05) is 62.4 Å². The summed E-state index contributed by atoms with van der Waals surface area (Å²) in [6.45, 7) is 16.7. The predicted molar refractivity (Wildman–Crippen MR) is 310 cm³/mol. The van der Waals surface area contributed by atoms with Crippen molar-refractivity contribution in [3.63, 3.8) is 0 Å². The number of alkyl halides is 1. The summed E-state index contributed by atoms with van der Waals surface area (Å²) in [5.74, 6) is -3.14. The summed E-state index contributed by atoms with van der Waals surface area (Å²) >= 11 is 3.49. The Morgan fingerprint density at radius 2 is 1.58 bits per heavy atom. The standard InChI is InChI=1S/C59H87IN4O13S/c1-33-29-56(7,69)52(76-54-48(66)45(63(10)11)26-34(2)73-54)35(3)49(36(4)53(68)77-55(60)58(9,70)51(67)37(5)64(12)31-33)75-47-30-57(8,72-13)59(71,38(6)74-47)32-61-24-25-62-46(65)23-22-41-28-44-42-20-16-14-18-39(42)27-40-19-15-17-21-43(40)50(44)78-41/h14-23,28,33-38,45,47-49,51-52,54-55,61,66-67,69-71H,24-27,29-32H2,1-13H3,(H,62,65)/b23-22+/t33-,34-,35+,36-,37-,38+,45+,47+,48-,49+,51-,52-,54+,55+,56-,57-,58+,59+/m1/s1. The van der Waals surface area contributed by atoms with Crippen LogP contribution < -0.4 is 10.6 Å². The highest BCUT2D eigenvalue weighted by molar-refractivity contribution is 14.1. The van der Waals surface area contributed by atoms with Gasteiger partial charge in [0.15, 0.2) is 16.7 Å². The van der Waals surface area contributed by atoms with Gasteiger partial charge in [0.05, 0.1) is 35.9 Å². The number of carbonyl (C=O) groups excluding carboxylic acids is 2. The van der Waals surface area contributed by atoms with Gasteiger partial charge in [-0.2, -0.15) is 0 Å². The third-order valence-electron chi connectivity index (χ3n) is 17.2. The van der Waals surface area contributed by atoms with Crippen molar-refractivity contribution in [3.8, 4) is 21.6 Å². The van der Waals surface area contributed by atoms with Gasteiger partial charge in [0.1, 0.15) is 29.0 Å². The van der Waals surface area contributed by atoms with Crippen molar-refractivity contribution in [1.82, 2.24) is 20.4 Å². The molecule has 17 nitrogen and oxygen atoms in total. The van der Waals surface area contributed by atoms with E-state index in [1.807, 2.05) is 73.5 Å². The lowest BCUT2D eigenvalue weighted by atomic mass is 9.75. The second-order valence-corrected chi connectivity index (χ2v) is 25.8. The molecule has 19 heteroatoms. The summed E-state index contributed by atoms with van der Waals surface area (Å²) in [5.41, 5.74) is -0.310. The van der Waals surface area contributed by atoms with E-state index >= 15 is 0 Å². The molecule has 3 fully saturated rings. The predicted octanol–water partition coefficient (Wildman–Crippen LogP) is 5.97. The molecule has 4 heterocycles. The Balaban J connectivity index is 1.07. The molecule has 1 aliphatic carbocycles. The van der Waals surface area contributed by atoms with Crippen LogP contribution in [0.4, 0.5) is 0 Å². The molecule has 1 aromatic heterocycles. The summed E-state index contributed by atoms with van der Waals surface area (Å²) in [4.78, 5) is 33.6. The van der Waals surface area contributed by atoms with Crippen LogP contribution >= 0.6 is 33.9 Å². The van der Waals surface area contributed by atoms with E-state index in [-0.39, 0.29) is 49.9 Å². The lowest BCUT2D eigenvalue weighted by molar-refractivity contribution is -0.336. The molecule has 0 saturated carbocycles. The zero-order valence-corrected chi connectivity index (χ0v) is 50.7. The van der Waals surface area contributed by atoms with Crippen LogP contribution in [0, 0.1) is 17.8 Å². The Morgan fingerprint density at radius 3 is 2.24 bits per heavy atom. The highest BCUT2D eigenvalue weighted by Gasteiger charge is 2.58. The number of thiophene rings is 1. The number of nitrogens with zero attached hydrogens (tertiary/aromatic N) is 2. The van der Waals surface area contributed by atoms with Crippen LogP contribution in [-0.2, 0) is 44.4 Å². The fourth-order valence-corrected chi connectivity index (χ4v) is 14.0. The molecule has 78 heavy (non-hydrogen) atoms. The summed E-state index contributed by atoms with van der Waals surface area (Å²) in [6, 6.07) is 18.2. The maximum absolute atomic E-state index is 14.5. The monoisotopic (exact) mass is 1220 g/mol. The van der Waals surface area contributed by atoms with Crippen molar-refractivity contribution in [2.24, 2.45) is 17.8 Å². The number of aliphatic hydroxyl groups excluding tert-OH is 2. The first kappa shape index (κ1) is 62.6. The summed E-state index contributed by atoms with van der Waals surface area (Å²) < 4.78 is 37.5. The number of amides is 1. The van der Waals surface area contributed by atoms with Gasteiger partial charge in [0.25, 0.3) is 0 Å². The van der Waals surface area contributed by atoms with E-state index < -0.39 is 93.5 Å². The van der Waals surface area contributed by atoms with E-state index in [0.717, 1.165) is 16.9 Å². The van der Waals surface area contributed by atoms with Gasteiger partial charge in [-0.05, 0) is 152 Å². The molecule has 3 aliphatic heterocycles. The number of carbonyl (C=O) groups is 2. The zero-order valence-electron chi connectivity index (χ0n) is 47.8. The second-order valence-electron chi connectivity index (χ2n) is 23.6. The first-order valence-corrected chi connectivity index (χ1v) is 29.6. The molecule has 1 amide bonds. The smallest absolute Gasteiger partial charge is 0.312 e. The van der Waals surface area contributed by atoms with Crippen LogP contribution in [0.1, 0.15) is 97.6 Å². The van der Waals surface area contributed by atoms with Crippen LogP contribution in [0.3, 0.4) is 0 Å². The molecule has 0 radical (unpaired) electrons. The molecule has 4 aliphatic rings. The van der Waals surface area contributed by atoms with Gasteiger partial charge < -0.3 is 74.4 Å². The second kappa shape index (κ2) is 25.7. The number of halogens is 1. The number of esters is 1. The Morgan fingerprint density at radius 1 is 0.923 bits per heavy atom. The quantitative estimate of drug-likeness (QED) is 0.0270. The van der Waals surface area contributed by atoms with Crippen LogP contribution in [0.5, 0.6) is 0 Å². The molecule has 7 rings (SSSR count). The number of cyclic esters (lactones) is 1. The largest absolute Gasteiger partial charge is 0.448 e. The first-order valence-electron chi connectivity index (χ1n) is 27.5. The number of fused-ring (bicyclic) bond motifs is 5. The number of hydrogen-bond donors (Lipinski definition) is 7. The number of likely N-dealkylation sites (N-methyl/N-ethyl adjacent to an activating group) is 2. The van der Waals surface area contributed by atoms with E-state index in [4.69, 9.17) is 28.4 Å². The van der Waals surface area contributed by atoms with Gasteiger partial charge in [0, 0.05) is 79.1 Å². The zero-order chi connectivity index (χ0) is 57.2. The number of methoxy groups -OCH3 is 1. The third-order valence-corrected chi connectivity index (χ3v) is 19.8. The molecule has 0 spiro atoms. The molecule has 2 aromatic carbocycles. The van der Waals surface area contributed by atoms with Crippen molar-refractivity contribution in [3.05, 3.63) is 76.7 Å². The van der Waals surface area contributed by atoms with Gasteiger partial charge >= 0.3 is 5.97 Å². The Hall–Kier alpha value is -2.97. The van der Waals surface area contributed by atoms with E-state index in [2.05, 4.69) is 65.2 Å². The molecule has 0 unspecified atom stereocenters. The normalized spacial score (nSPS) is 38.3. The highest BCUT2D eigenvalue weighted by atomic mass is 127. The van der Waals surface area contributed by atoms with Crippen LogP contribution in [-0.4, -0.2) is 189 Å². The van der Waals surface area contributed by atoms with Gasteiger partial charge in [-0.3, -0.25) is 9.59 Å². The van der Waals surface area contributed by atoms with Gasteiger partial charge in [-0.25, -0.2) is 0 Å². The van der Waals surface area contributed by atoms with Crippen LogP contribution in [0.2, 0.25) is 0 Å². The van der Waals surface area contributed by atoms with Gasteiger partial charge in [-0.15, -0.1) is 11.3 Å². The van der Waals surface area contributed by atoms with E-state index in [1.165, 1.54) is 41.2 Å². The van der Waals surface area contributed by atoms with Crippen LogP contribution in [0.15, 0.2) is 60.7 Å². The molecule has 7 N–H and O–H groups in total. The molecule has 0 bridgehead atoms. The van der Waals surface area contributed by atoms with Crippen molar-refractivity contribution < 1.29 is 63.5 Å². The summed E-state index contributed by atoms with van der Waals surface area (Å²) in [6.07, 6.45) is -3.18. The van der Waals surface area contributed by atoms with Crippen molar-refractivity contribution in [2.45, 2.75) is 176 Å². The average Bonchev–Trinajstić information content (AvgIpc) is 3.85. The number of aliphatic hydroxyl groups is 5. The first-order chi connectivity index (χ1) is 36.6. The Bertz CT molecular complexity index is 2480. The minimum atomic E-state index is -1.88. The van der Waals surface area contributed by atoms with Crippen molar-refractivity contribution in [1.29, 1.82) is 0 Å². The number of ether oxygens (including phenoxy) is 6. The van der Waals surface area contributed by atoms with E-state index in [0.29, 0.717) is 19.5 Å². The summed E-state index contributed by atoms with van der Waals surface area (Å²) in [7, 11) is 7.08. The third kappa shape index (κ3) is 13.6. The van der Waals surface area contributed by atoms with Gasteiger partial charge in [0.2, 0.25) is 5.91 Å². The molecular weight excluding hydrogens is 1130 g/mol. The molecule has 3 aromatic rings. The topological polar surface area (TPSA) is 221 Å². The van der Waals surface area contributed by atoms with E-state index in [9.17, 15) is 35.1 Å². The lowest BCUT2D eigenvalue weighted by Crippen LogP contribution is -2.70. The number of rotatable bonds is 13. The molecular formula is C59H87IN4O13S. The van der Waals surface area contributed by atoms with E-state index in [1.54, 1.807) is 59.0 Å². The number of benzene rings is 2. The minimum absolute atomic E-state index is 0.00662. The Kier molecular flexibility index (Phi) is 20.6.